The van der Waals surface area contributed by atoms with Crippen LogP contribution in [-0.4, -0.2) is 15.7 Å². The highest BCUT2D eigenvalue weighted by molar-refractivity contribution is 6.31. The van der Waals surface area contributed by atoms with Gasteiger partial charge in [0.25, 0.3) is 5.91 Å². The molecule has 122 valence electrons. The summed E-state index contributed by atoms with van der Waals surface area (Å²) in [6.45, 7) is 0. The van der Waals surface area contributed by atoms with E-state index in [1.807, 2.05) is 0 Å². The summed E-state index contributed by atoms with van der Waals surface area (Å²) in [5, 5.41) is 5.41. The molecule has 0 atom stereocenters. The number of hydrogen-bond donors (Lipinski definition) is 1. The lowest BCUT2D eigenvalue weighted by molar-refractivity contribution is -0.137. The number of amides is 1. The van der Waals surface area contributed by atoms with Gasteiger partial charge in [-0.25, -0.2) is 4.39 Å². The van der Waals surface area contributed by atoms with Crippen molar-refractivity contribution in [3.63, 3.8) is 0 Å². The predicted octanol–water partition coefficient (Wildman–Crippen LogP) is 3.82. The van der Waals surface area contributed by atoms with Crippen LogP contribution in [0.25, 0.3) is 0 Å². The fourth-order valence-corrected chi connectivity index (χ4v) is 2.56. The number of halogens is 5. The number of anilines is 1. The fourth-order valence-electron chi connectivity index (χ4n) is 2.30. The van der Waals surface area contributed by atoms with Crippen molar-refractivity contribution in [1.29, 1.82) is 0 Å². The first-order valence-corrected chi connectivity index (χ1v) is 7.00. The van der Waals surface area contributed by atoms with Crippen LogP contribution < -0.4 is 5.32 Å². The summed E-state index contributed by atoms with van der Waals surface area (Å²) in [6, 6.07) is 2.65. The monoisotopic (exact) mass is 347 g/mol. The van der Waals surface area contributed by atoms with Crippen LogP contribution in [0.4, 0.5) is 23.2 Å². The molecule has 1 fully saturated rings. The maximum atomic E-state index is 13.8. The standard InChI is InChI=1S/C14H10ClF4N3O/c15-9-7-10(16)11(6-8(9)14(17,18)19)21-12(23)13(2-3-13)22-5-1-4-20-22/h1,4-7H,2-3H2,(H,21,23). The molecule has 2 aromatic rings. The molecular formula is C14H10ClF4N3O. The molecule has 1 amide bonds. The highest BCUT2D eigenvalue weighted by atomic mass is 35.5. The van der Waals surface area contributed by atoms with E-state index in [0.717, 1.165) is 0 Å². The van der Waals surface area contributed by atoms with Gasteiger partial charge in [-0.1, -0.05) is 11.6 Å². The van der Waals surface area contributed by atoms with Gasteiger partial charge < -0.3 is 5.32 Å². The third-order valence-electron chi connectivity index (χ3n) is 3.70. The van der Waals surface area contributed by atoms with Crippen molar-refractivity contribution in [1.82, 2.24) is 9.78 Å². The first-order valence-electron chi connectivity index (χ1n) is 6.62. The van der Waals surface area contributed by atoms with E-state index in [2.05, 4.69) is 10.4 Å². The fraction of sp³-hybridized carbons (Fsp3) is 0.286. The van der Waals surface area contributed by atoms with Crippen molar-refractivity contribution in [2.75, 3.05) is 5.32 Å². The van der Waals surface area contributed by atoms with Crippen molar-refractivity contribution >= 4 is 23.2 Å². The Labute approximate surface area is 133 Å². The van der Waals surface area contributed by atoms with Gasteiger partial charge in [0.1, 0.15) is 11.4 Å². The molecule has 1 heterocycles. The van der Waals surface area contributed by atoms with Crippen molar-refractivity contribution in [2.24, 2.45) is 0 Å². The Morgan fingerprint density at radius 2 is 2.04 bits per heavy atom. The van der Waals surface area contributed by atoms with Crippen LogP contribution in [0.1, 0.15) is 18.4 Å². The molecular weight excluding hydrogens is 338 g/mol. The highest BCUT2D eigenvalue weighted by Crippen LogP contribution is 2.44. The van der Waals surface area contributed by atoms with E-state index >= 15 is 0 Å². The van der Waals surface area contributed by atoms with E-state index in [1.54, 1.807) is 12.3 Å². The Hall–Kier alpha value is -2.09. The van der Waals surface area contributed by atoms with E-state index in [1.165, 1.54) is 10.9 Å². The van der Waals surface area contributed by atoms with Gasteiger partial charge in [0, 0.05) is 12.4 Å². The predicted molar refractivity (Wildman–Crippen MR) is 74.5 cm³/mol. The maximum Gasteiger partial charge on any atom is 0.417 e. The second kappa shape index (κ2) is 5.23. The number of carbonyl (C=O) groups excluding carboxylic acids is 1. The molecule has 1 aromatic carbocycles. The summed E-state index contributed by atoms with van der Waals surface area (Å²) in [6.07, 6.45) is -0.739. The van der Waals surface area contributed by atoms with Gasteiger partial charge >= 0.3 is 6.18 Å². The average molecular weight is 348 g/mol. The second-order valence-corrected chi connectivity index (χ2v) is 5.65. The second-order valence-electron chi connectivity index (χ2n) is 5.25. The molecule has 23 heavy (non-hydrogen) atoms. The summed E-state index contributed by atoms with van der Waals surface area (Å²) in [4.78, 5) is 12.3. The first-order chi connectivity index (χ1) is 10.7. The van der Waals surface area contributed by atoms with E-state index < -0.39 is 39.7 Å². The lowest BCUT2D eigenvalue weighted by Crippen LogP contribution is -2.34. The van der Waals surface area contributed by atoms with Crippen LogP contribution >= 0.6 is 11.6 Å². The molecule has 9 heteroatoms. The first kappa shape index (κ1) is 15.8. The minimum Gasteiger partial charge on any atom is -0.321 e. The summed E-state index contributed by atoms with van der Waals surface area (Å²) < 4.78 is 53.8. The molecule has 0 spiro atoms. The van der Waals surface area contributed by atoms with Crippen LogP contribution in [0.5, 0.6) is 0 Å². The molecule has 1 N–H and O–H groups in total. The van der Waals surface area contributed by atoms with E-state index in [4.69, 9.17) is 11.6 Å². The Morgan fingerprint density at radius 1 is 1.35 bits per heavy atom. The molecule has 0 saturated heterocycles. The van der Waals surface area contributed by atoms with Gasteiger partial charge in [-0.15, -0.1) is 0 Å². The van der Waals surface area contributed by atoms with Crippen LogP contribution in [-0.2, 0) is 16.5 Å². The molecule has 0 bridgehead atoms. The summed E-state index contributed by atoms with van der Waals surface area (Å²) in [5.74, 6) is -1.65. The number of carbonyl (C=O) groups is 1. The van der Waals surface area contributed by atoms with E-state index in [0.29, 0.717) is 25.0 Å². The Morgan fingerprint density at radius 3 is 2.57 bits per heavy atom. The van der Waals surface area contributed by atoms with Crippen LogP contribution in [0, 0.1) is 5.82 Å². The van der Waals surface area contributed by atoms with E-state index in [-0.39, 0.29) is 0 Å². The number of aromatic nitrogens is 2. The molecule has 1 aromatic heterocycles. The molecule has 0 aliphatic heterocycles. The molecule has 1 aliphatic carbocycles. The molecule has 1 aliphatic rings. The van der Waals surface area contributed by atoms with E-state index in [9.17, 15) is 22.4 Å². The van der Waals surface area contributed by atoms with Gasteiger partial charge in [0.2, 0.25) is 0 Å². The Bertz CT molecular complexity index is 754. The van der Waals surface area contributed by atoms with Crippen molar-refractivity contribution < 1.29 is 22.4 Å². The number of nitrogens with one attached hydrogen (secondary N) is 1. The topological polar surface area (TPSA) is 46.9 Å². The molecule has 0 radical (unpaired) electrons. The van der Waals surface area contributed by atoms with Gasteiger partial charge in [0.15, 0.2) is 0 Å². The SMILES string of the molecule is O=C(Nc1cc(C(F)(F)F)c(Cl)cc1F)C1(n2cccn2)CC1. The van der Waals surface area contributed by atoms with Crippen molar-refractivity contribution in [3.8, 4) is 0 Å². The quantitative estimate of drug-likeness (QED) is 0.858. The zero-order valence-electron chi connectivity index (χ0n) is 11.5. The number of nitrogens with zero attached hydrogens (tertiary/aromatic N) is 2. The van der Waals surface area contributed by atoms with Gasteiger partial charge in [-0.05, 0) is 31.0 Å². The highest BCUT2D eigenvalue weighted by Gasteiger charge is 2.52. The Balaban J connectivity index is 1.90. The summed E-state index contributed by atoms with van der Waals surface area (Å²) >= 11 is 5.42. The van der Waals surface area contributed by atoms with Gasteiger partial charge in [0.05, 0.1) is 16.3 Å². The third-order valence-corrected chi connectivity index (χ3v) is 4.01. The molecule has 4 nitrogen and oxygen atoms in total. The minimum absolute atomic E-state index is 0.474. The number of benzene rings is 1. The Kier molecular flexibility index (Phi) is 3.59. The molecule has 0 unspecified atom stereocenters. The maximum absolute atomic E-state index is 13.8. The van der Waals surface area contributed by atoms with Crippen LogP contribution in [0.2, 0.25) is 5.02 Å². The van der Waals surface area contributed by atoms with Gasteiger partial charge in [-0.3, -0.25) is 9.48 Å². The normalized spacial score (nSPS) is 16.2. The smallest absolute Gasteiger partial charge is 0.321 e. The zero-order valence-corrected chi connectivity index (χ0v) is 12.2. The molecule has 1 saturated carbocycles. The average Bonchev–Trinajstić information content (AvgIpc) is 3.08. The lowest BCUT2D eigenvalue weighted by Gasteiger charge is -2.17. The lowest BCUT2D eigenvalue weighted by atomic mass is 10.1. The number of rotatable bonds is 3. The number of alkyl halides is 3. The summed E-state index contributed by atoms with van der Waals surface area (Å²) in [5.41, 5.74) is -2.75. The summed E-state index contributed by atoms with van der Waals surface area (Å²) in [7, 11) is 0. The minimum atomic E-state index is -4.75. The largest absolute Gasteiger partial charge is 0.417 e. The zero-order chi connectivity index (χ0) is 16.8. The number of hydrogen-bond acceptors (Lipinski definition) is 2. The third kappa shape index (κ3) is 2.78. The van der Waals surface area contributed by atoms with Crippen molar-refractivity contribution in [3.05, 3.63) is 47.0 Å². The molecule has 3 rings (SSSR count). The van der Waals surface area contributed by atoms with Crippen LogP contribution in [0.15, 0.2) is 30.6 Å². The van der Waals surface area contributed by atoms with Crippen molar-refractivity contribution in [2.45, 2.75) is 24.6 Å². The van der Waals surface area contributed by atoms with Gasteiger partial charge in [-0.2, -0.15) is 18.3 Å². The van der Waals surface area contributed by atoms with Crippen LogP contribution in [0.3, 0.4) is 0 Å².